The summed E-state index contributed by atoms with van der Waals surface area (Å²) in [7, 11) is 1.67. The Bertz CT molecular complexity index is 657. The number of carboxylic acid groups (broad SMARTS) is 1. The van der Waals surface area contributed by atoms with Crippen molar-refractivity contribution in [3.63, 3.8) is 0 Å². The lowest BCUT2D eigenvalue weighted by Crippen LogP contribution is -2.53. The van der Waals surface area contributed by atoms with E-state index in [4.69, 9.17) is 9.84 Å². The first kappa shape index (κ1) is 18.8. The van der Waals surface area contributed by atoms with Gasteiger partial charge in [-0.1, -0.05) is 31.4 Å². The van der Waals surface area contributed by atoms with Gasteiger partial charge in [0.1, 0.15) is 11.3 Å². The van der Waals surface area contributed by atoms with Crippen LogP contribution in [-0.2, 0) is 16.0 Å². The molecule has 0 aliphatic heterocycles. The largest absolute Gasteiger partial charge is 0.481 e. The van der Waals surface area contributed by atoms with Gasteiger partial charge < -0.3 is 14.7 Å². The topological polar surface area (TPSA) is 90.6 Å². The Kier molecular flexibility index (Phi) is 6.02. The molecule has 0 bridgehead atoms. The molecule has 0 saturated heterocycles. The second kappa shape index (κ2) is 8.02. The molecule has 1 aliphatic carbocycles. The van der Waals surface area contributed by atoms with Crippen molar-refractivity contribution >= 4 is 11.9 Å². The highest BCUT2D eigenvalue weighted by atomic mass is 16.5. The molecule has 6 heteroatoms. The number of hydrogen-bond donors (Lipinski definition) is 1. The van der Waals surface area contributed by atoms with Crippen LogP contribution >= 0.6 is 0 Å². The highest BCUT2D eigenvalue weighted by Gasteiger charge is 2.40. The van der Waals surface area contributed by atoms with E-state index in [-0.39, 0.29) is 12.3 Å². The number of aliphatic carboxylic acids is 1. The van der Waals surface area contributed by atoms with E-state index in [1.807, 2.05) is 0 Å². The molecule has 0 aromatic heterocycles. The zero-order valence-corrected chi connectivity index (χ0v) is 14.7. The SMILES string of the molecule is C[C@H](Oc1ccc(CC(=O)O)cc1)C(=O)N(C)C1(C#N)CCCCC1. The maximum absolute atomic E-state index is 12.7. The number of carbonyl (C=O) groups is 2. The zero-order valence-electron chi connectivity index (χ0n) is 14.7. The van der Waals surface area contributed by atoms with E-state index in [0.717, 1.165) is 19.3 Å². The smallest absolute Gasteiger partial charge is 0.307 e. The molecule has 0 spiro atoms. The van der Waals surface area contributed by atoms with Gasteiger partial charge in [0.2, 0.25) is 0 Å². The monoisotopic (exact) mass is 344 g/mol. The molecule has 1 atom stereocenters. The van der Waals surface area contributed by atoms with Gasteiger partial charge in [0, 0.05) is 7.05 Å². The number of amides is 1. The number of hydrogen-bond acceptors (Lipinski definition) is 4. The van der Waals surface area contributed by atoms with Gasteiger partial charge in [-0.3, -0.25) is 9.59 Å². The standard InChI is InChI=1S/C19H24N2O4/c1-14(25-16-8-6-15(7-9-16)12-17(22)23)18(24)21(2)19(13-20)10-4-3-5-11-19/h6-9,14H,3-5,10-12H2,1-2H3,(H,22,23)/t14-/m0/s1. The second-order valence-electron chi connectivity index (χ2n) is 6.58. The first-order valence-electron chi connectivity index (χ1n) is 8.54. The fourth-order valence-corrected chi connectivity index (χ4v) is 3.26. The van der Waals surface area contributed by atoms with E-state index < -0.39 is 17.6 Å². The van der Waals surface area contributed by atoms with E-state index in [1.54, 1.807) is 38.2 Å². The molecule has 2 rings (SSSR count). The Morgan fingerprint density at radius 2 is 1.88 bits per heavy atom. The van der Waals surface area contributed by atoms with E-state index in [0.29, 0.717) is 24.2 Å². The molecule has 1 aromatic rings. The molecule has 1 N–H and O–H groups in total. The highest BCUT2D eigenvalue weighted by Crippen LogP contribution is 2.33. The van der Waals surface area contributed by atoms with Crippen molar-refractivity contribution in [3.8, 4) is 11.8 Å². The highest BCUT2D eigenvalue weighted by molar-refractivity contribution is 5.82. The molecule has 6 nitrogen and oxygen atoms in total. The molecule has 134 valence electrons. The average Bonchev–Trinajstić information content (AvgIpc) is 2.62. The number of rotatable bonds is 6. The Balaban J connectivity index is 2.01. The van der Waals surface area contributed by atoms with Crippen LogP contribution in [0, 0.1) is 11.3 Å². The van der Waals surface area contributed by atoms with Gasteiger partial charge in [-0.15, -0.1) is 0 Å². The van der Waals surface area contributed by atoms with Crippen molar-refractivity contribution in [1.29, 1.82) is 5.26 Å². The minimum absolute atomic E-state index is 0.0534. The van der Waals surface area contributed by atoms with E-state index in [1.165, 1.54) is 4.90 Å². The Hall–Kier alpha value is -2.55. The Morgan fingerprint density at radius 1 is 1.28 bits per heavy atom. The van der Waals surface area contributed by atoms with Crippen LogP contribution in [0.1, 0.15) is 44.6 Å². The van der Waals surface area contributed by atoms with E-state index in [9.17, 15) is 14.9 Å². The molecular formula is C19H24N2O4. The molecule has 1 aromatic carbocycles. The number of likely N-dealkylation sites (N-methyl/N-ethyl adjacent to an activating group) is 1. The first-order chi connectivity index (χ1) is 11.9. The lowest BCUT2D eigenvalue weighted by Gasteiger charge is -2.40. The summed E-state index contributed by atoms with van der Waals surface area (Å²) < 4.78 is 5.69. The van der Waals surface area contributed by atoms with Gasteiger partial charge in [0.15, 0.2) is 6.10 Å². The minimum Gasteiger partial charge on any atom is -0.481 e. The summed E-state index contributed by atoms with van der Waals surface area (Å²) in [5, 5.41) is 18.4. The van der Waals surface area contributed by atoms with Gasteiger partial charge in [-0.05, 0) is 37.5 Å². The molecular weight excluding hydrogens is 320 g/mol. The van der Waals surface area contributed by atoms with Crippen LogP contribution in [0.25, 0.3) is 0 Å². The van der Waals surface area contributed by atoms with Crippen molar-refractivity contribution in [1.82, 2.24) is 4.90 Å². The van der Waals surface area contributed by atoms with Crippen LogP contribution in [0.4, 0.5) is 0 Å². The molecule has 25 heavy (non-hydrogen) atoms. The number of nitrogens with zero attached hydrogens (tertiary/aromatic N) is 2. The Morgan fingerprint density at radius 3 is 2.40 bits per heavy atom. The fourth-order valence-electron chi connectivity index (χ4n) is 3.26. The van der Waals surface area contributed by atoms with Crippen LogP contribution < -0.4 is 4.74 Å². The van der Waals surface area contributed by atoms with Crippen LogP contribution in [0.3, 0.4) is 0 Å². The third-order valence-corrected chi connectivity index (χ3v) is 4.80. The van der Waals surface area contributed by atoms with Crippen molar-refractivity contribution in [2.45, 2.75) is 57.1 Å². The predicted octanol–water partition coefficient (Wildman–Crippen LogP) is 2.77. The van der Waals surface area contributed by atoms with Gasteiger partial charge in [-0.2, -0.15) is 5.26 Å². The number of carboxylic acids is 1. The van der Waals surface area contributed by atoms with Crippen molar-refractivity contribution in [2.75, 3.05) is 7.05 Å². The summed E-state index contributed by atoms with van der Waals surface area (Å²) in [6.45, 7) is 1.66. The number of ether oxygens (including phenoxy) is 1. The third-order valence-electron chi connectivity index (χ3n) is 4.80. The maximum atomic E-state index is 12.7. The van der Waals surface area contributed by atoms with Crippen LogP contribution in [-0.4, -0.2) is 40.6 Å². The number of benzene rings is 1. The molecule has 1 saturated carbocycles. The molecule has 1 amide bonds. The molecule has 0 radical (unpaired) electrons. The zero-order chi connectivity index (χ0) is 18.4. The van der Waals surface area contributed by atoms with Gasteiger partial charge >= 0.3 is 5.97 Å². The van der Waals surface area contributed by atoms with Crippen LogP contribution in [0.15, 0.2) is 24.3 Å². The minimum atomic E-state index is -0.895. The predicted molar refractivity (Wildman–Crippen MR) is 92.1 cm³/mol. The average molecular weight is 344 g/mol. The summed E-state index contributed by atoms with van der Waals surface area (Å²) in [6, 6.07) is 8.99. The fraction of sp³-hybridized carbons (Fsp3) is 0.526. The summed E-state index contributed by atoms with van der Waals surface area (Å²) in [6.07, 6.45) is 3.62. The lowest BCUT2D eigenvalue weighted by atomic mass is 9.81. The van der Waals surface area contributed by atoms with Gasteiger partial charge in [0.25, 0.3) is 5.91 Å². The molecule has 1 fully saturated rings. The summed E-state index contributed by atoms with van der Waals surface area (Å²) in [5.41, 5.74) is -0.0697. The van der Waals surface area contributed by atoms with E-state index in [2.05, 4.69) is 6.07 Å². The molecule has 0 heterocycles. The normalized spacial score (nSPS) is 17.2. The van der Waals surface area contributed by atoms with Crippen LogP contribution in [0.2, 0.25) is 0 Å². The summed E-state index contributed by atoms with van der Waals surface area (Å²) in [4.78, 5) is 24.9. The van der Waals surface area contributed by atoms with Crippen molar-refractivity contribution < 1.29 is 19.4 Å². The first-order valence-corrected chi connectivity index (χ1v) is 8.54. The van der Waals surface area contributed by atoms with E-state index >= 15 is 0 Å². The quantitative estimate of drug-likeness (QED) is 0.857. The molecule has 0 unspecified atom stereocenters. The molecule has 1 aliphatic rings. The van der Waals surface area contributed by atoms with Crippen molar-refractivity contribution in [3.05, 3.63) is 29.8 Å². The third kappa shape index (κ3) is 4.50. The van der Waals surface area contributed by atoms with Gasteiger partial charge in [-0.25, -0.2) is 0 Å². The Labute approximate surface area is 148 Å². The number of carbonyl (C=O) groups excluding carboxylic acids is 1. The summed E-state index contributed by atoms with van der Waals surface area (Å²) >= 11 is 0. The second-order valence-corrected chi connectivity index (χ2v) is 6.58. The maximum Gasteiger partial charge on any atom is 0.307 e. The summed E-state index contributed by atoms with van der Waals surface area (Å²) in [5.74, 6) is -0.621. The lowest BCUT2D eigenvalue weighted by molar-refractivity contribution is -0.141. The number of nitriles is 1. The van der Waals surface area contributed by atoms with Gasteiger partial charge in [0.05, 0.1) is 12.5 Å². The van der Waals surface area contributed by atoms with Crippen LogP contribution in [0.5, 0.6) is 5.75 Å². The van der Waals surface area contributed by atoms with Crippen molar-refractivity contribution in [2.24, 2.45) is 0 Å².